The van der Waals surface area contributed by atoms with Crippen molar-refractivity contribution < 1.29 is 44.3 Å². The molecule has 10 heteroatoms. The average Bonchev–Trinajstić information content (AvgIpc) is 2.94. The number of rotatable bonds is 15. The molecule has 0 heterocycles. The maximum absolute atomic E-state index is 13.8. The van der Waals surface area contributed by atoms with Gasteiger partial charge >= 0.3 is 24.1 Å². The van der Waals surface area contributed by atoms with Crippen LogP contribution in [-0.2, 0) is 0 Å². The van der Waals surface area contributed by atoms with Crippen molar-refractivity contribution in [2.75, 3.05) is 0 Å². The monoisotopic (exact) mass is 610 g/mol. The summed E-state index contributed by atoms with van der Waals surface area (Å²) >= 11 is 0. The van der Waals surface area contributed by atoms with Gasteiger partial charge in [0, 0.05) is 0 Å². The molecule has 1 saturated carbocycles. The van der Waals surface area contributed by atoms with Gasteiger partial charge in [-0.1, -0.05) is 101 Å². The van der Waals surface area contributed by atoms with E-state index < -0.39 is 29.9 Å². The lowest BCUT2D eigenvalue weighted by Gasteiger charge is -2.33. The SMILES string of the molecule is CCCCCCCCCCC1CCC(c2ccc(-c3ccc(OC(F)(F)C(F)(F)C(F)(F)C(F)(F)F)cc3)cc2)CC1. The highest BCUT2D eigenvalue weighted by Gasteiger charge is 2.83. The summed E-state index contributed by atoms with van der Waals surface area (Å²) in [6.45, 7) is 2.23. The highest BCUT2D eigenvalue weighted by atomic mass is 19.4. The van der Waals surface area contributed by atoms with E-state index in [1.165, 1.54) is 88.3 Å². The predicted octanol–water partition coefficient (Wildman–Crippen LogP) is 12.0. The summed E-state index contributed by atoms with van der Waals surface area (Å²) in [6, 6.07) is 11.7. The van der Waals surface area contributed by atoms with E-state index in [1.807, 2.05) is 24.3 Å². The number of ether oxygens (including phenoxy) is 1. The van der Waals surface area contributed by atoms with Crippen LogP contribution >= 0.6 is 0 Å². The molecular formula is C32H39F9O. The Kier molecular flexibility index (Phi) is 11.7. The molecule has 1 nitrogen and oxygen atoms in total. The number of unbranched alkanes of at least 4 members (excludes halogenated alkanes) is 7. The van der Waals surface area contributed by atoms with Crippen LogP contribution in [0.5, 0.6) is 5.75 Å². The Morgan fingerprint density at radius 1 is 0.595 bits per heavy atom. The largest absolute Gasteiger partial charge is 0.471 e. The minimum absolute atomic E-state index is 0.448. The van der Waals surface area contributed by atoms with Crippen molar-refractivity contribution in [1.29, 1.82) is 0 Å². The molecule has 0 radical (unpaired) electrons. The first-order valence-electron chi connectivity index (χ1n) is 14.8. The number of halogens is 9. The third kappa shape index (κ3) is 8.37. The fourth-order valence-electron chi connectivity index (χ4n) is 5.59. The van der Waals surface area contributed by atoms with Gasteiger partial charge in [-0.15, -0.1) is 0 Å². The molecule has 1 aliphatic carbocycles. The Morgan fingerprint density at radius 3 is 1.57 bits per heavy atom. The minimum atomic E-state index is -7.00. The standard InChI is InChI=1S/C32H39F9O/c1-2-3-4-5-6-7-8-9-10-23-11-13-24(14-12-23)25-15-17-26(18-16-25)27-19-21-28(22-20-27)42-32(40,41)30(35,36)29(33,34)31(37,38)39/h15-24H,2-14H2,1H3. The van der Waals surface area contributed by atoms with Gasteiger partial charge in [0.25, 0.3) is 0 Å². The summed E-state index contributed by atoms with van der Waals surface area (Å²) in [6.07, 6.45) is 3.43. The van der Waals surface area contributed by atoms with Crippen molar-refractivity contribution in [3.05, 3.63) is 54.1 Å². The Morgan fingerprint density at radius 2 is 1.07 bits per heavy atom. The number of hydrogen-bond acceptors (Lipinski definition) is 1. The fraction of sp³-hybridized carbons (Fsp3) is 0.625. The van der Waals surface area contributed by atoms with Crippen molar-refractivity contribution in [3.63, 3.8) is 0 Å². The van der Waals surface area contributed by atoms with Crippen molar-refractivity contribution in [1.82, 2.24) is 0 Å². The van der Waals surface area contributed by atoms with Gasteiger partial charge in [-0.05, 0) is 66.3 Å². The van der Waals surface area contributed by atoms with Crippen LogP contribution in [0.1, 0.15) is 102 Å². The highest BCUT2D eigenvalue weighted by Crippen LogP contribution is 2.53. The average molecular weight is 611 g/mol. The second kappa shape index (κ2) is 14.4. The lowest BCUT2D eigenvalue weighted by atomic mass is 9.77. The van der Waals surface area contributed by atoms with Crippen molar-refractivity contribution >= 4 is 0 Å². The molecule has 0 unspecified atom stereocenters. The van der Waals surface area contributed by atoms with Crippen LogP contribution < -0.4 is 4.74 Å². The number of hydrogen-bond donors (Lipinski definition) is 0. The highest BCUT2D eigenvalue weighted by molar-refractivity contribution is 5.64. The Hall–Kier alpha value is -2.39. The normalized spacial score (nSPS) is 18.7. The summed E-state index contributed by atoms with van der Waals surface area (Å²) in [4.78, 5) is 0. The number of benzene rings is 2. The van der Waals surface area contributed by atoms with Crippen molar-refractivity contribution in [3.8, 4) is 16.9 Å². The van der Waals surface area contributed by atoms with E-state index in [4.69, 9.17) is 0 Å². The van der Waals surface area contributed by atoms with Gasteiger partial charge < -0.3 is 4.74 Å². The smallest absolute Gasteiger partial charge is 0.428 e. The molecule has 2 aromatic carbocycles. The molecule has 0 bridgehead atoms. The van der Waals surface area contributed by atoms with Gasteiger partial charge in [-0.25, -0.2) is 0 Å². The zero-order valence-corrected chi connectivity index (χ0v) is 23.8. The molecule has 1 fully saturated rings. The van der Waals surface area contributed by atoms with Gasteiger partial charge in [0.2, 0.25) is 0 Å². The number of alkyl halides is 9. The van der Waals surface area contributed by atoms with Crippen LogP contribution in [0.15, 0.2) is 48.5 Å². The van der Waals surface area contributed by atoms with E-state index in [9.17, 15) is 39.5 Å². The lowest BCUT2D eigenvalue weighted by Crippen LogP contribution is -2.62. The Balaban J connectivity index is 1.49. The predicted molar refractivity (Wildman–Crippen MR) is 145 cm³/mol. The molecule has 0 aromatic heterocycles. The maximum Gasteiger partial charge on any atom is 0.471 e. The van der Waals surface area contributed by atoms with Crippen LogP contribution in [0, 0.1) is 5.92 Å². The maximum atomic E-state index is 13.8. The first-order chi connectivity index (χ1) is 19.7. The van der Waals surface area contributed by atoms with Crippen LogP contribution in [0.2, 0.25) is 0 Å². The van der Waals surface area contributed by atoms with Crippen LogP contribution in [0.25, 0.3) is 11.1 Å². The van der Waals surface area contributed by atoms with Gasteiger partial charge in [0.15, 0.2) is 0 Å². The zero-order valence-electron chi connectivity index (χ0n) is 23.8. The summed E-state index contributed by atoms with van der Waals surface area (Å²) in [5, 5.41) is 0. The molecule has 0 N–H and O–H groups in total. The molecule has 1 aliphatic rings. The van der Waals surface area contributed by atoms with Crippen molar-refractivity contribution in [2.45, 2.75) is 120 Å². The van der Waals surface area contributed by atoms with Gasteiger partial charge in [-0.2, -0.15) is 39.5 Å². The van der Waals surface area contributed by atoms with E-state index in [0.29, 0.717) is 17.0 Å². The van der Waals surface area contributed by atoms with Gasteiger partial charge in [0.1, 0.15) is 5.75 Å². The van der Waals surface area contributed by atoms with E-state index in [1.54, 1.807) is 0 Å². The van der Waals surface area contributed by atoms with Crippen molar-refractivity contribution in [2.24, 2.45) is 5.92 Å². The lowest BCUT2D eigenvalue weighted by molar-refractivity contribution is -0.428. The molecule has 0 amide bonds. The summed E-state index contributed by atoms with van der Waals surface area (Å²) in [5.41, 5.74) is 2.38. The molecule has 2 aromatic rings. The molecule has 42 heavy (non-hydrogen) atoms. The Labute approximate surface area is 241 Å². The van der Waals surface area contributed by atoms with Crippen LogP contribution in [-0.4, -0.2) is 24.1 Å². The van der Waals surface area contributed by atoms with E-state index >= 15 is 0 Å². The Bertz CT molecular complexity index is 1070. The molecule has 0 spiro atoms. The summed E-state index contributed by atoms with van der Waals surface area (Å²) < 4.78 is 121. The van der Waals surface area contributed by atoms with E-state index in [0.717, 1.165) is 30.9 Å². The molecular weight excluding hydrogens is 571 g/mol. The fourth-order valence-corrected chi connectivity index (χ4v) is 5.59. The first-order valence-corrected chi connectivity index (χ1v) is 14.8. The van der Waals surface area contributed by atoms with Gasteiger partial charge in [0.05, 0.1) is 0 Å². The first kappa shape index (κ1) is 34.1. The summed E-state index contributed by atoms with van der Waals surface area (Å²) in [5.74, 6) is -13.6. The zero-order chi connectivity index (χ0) is 31.0. The van der Waals surface area contributed by atoms with Crippen LogP contribution in [0.3, 0.4) is 0 Å². The van der Waals surface area contributed by atoms with Gasteiger partial charge in [-0.3, -0.25) is 0 Å². The molecule has 236 valence electrons. The topological polar surface area (TPSA) is 9.23 Å². The van der Waals surface area contributed by atoms with Crippen LogP contribution in [0.4, 0.5) is 39.5 Å². The molecule has 3 rings (SSSR count). The minimum Gasteiger partial charge on any atom is -0.428 e. The molecule has 0 aliphatic heterocycles. The molecule has 0 saturated heterocycles. The summed E-state index contributed by atoms with van der Waals surface area (Å²) in [7, 11) is 0. The van der Waals surface area contributed by atoms with E-state index in [2.05, 4.69) is 11.7 Å². The quantitative estimate of drug-likeness (QED) is 0.144. The molecule has 0 atom stereocenters. The second-order valence-corrected chi connectivity index (χ2v) is 11.4. The third-order valence-corrected chi connectivity index (χ3v) is 8.24. The second-order valence-electron chi connectivity index (χ2n) is 11.4. The van der Waals surface area contributed by atoms with E-state index in [-0.39, 0.29) is 0 Å². The third-order valence-electron chi connectivity index (χ3n) is 8.24.